The molecule has 0 rings (SSSR count). The van der Waals surface area contributed by atoms with Gasteiger partial charge in [0.1, 0.15) is 0 Å². The molecular weight excluding hydrogens is 138 g/mol. The van der Waals surface area contributed by atoms with E-state index in [1.807, 2.05) is 0 Å². The van der Waals surface area contributed by atoms with Gasteiger partial charge in [0.15, 0.2) is 0 Å². The summed E-state index contributed by atoms with van der Waals surface area (Å²) in [5, 5.41) is 0. The van der Waals surface area contributed by atoms with Gasteiger partial charge in [0.25, 0.3) is 0 Å². The molecule has 0 aliphatic carbocycles. The Balaban J connectivity index is 0. The molecule has 0 aliphatic heterocycles. The molecule has 0 unspecified atom stereocenters. The van der Waals surface area contributed by atoms with E-state index in [2.05, 4.69) is 21.9 Å². The van der Waals surface area contributed by atoms with Gasteiger partial charge < -0.3 is 21.9 Å². The Bertz CT molecular complexity index is 110. The molecule has 0 atom stereocenters. The Kier molecular flexibility index (Phi) is 8.56. The normalized spacial score (nSPS) is 6.90. The maximum absolute atomic E-state index is 9.60. The summed E-state index contributed by atoms with van der Waals surface area (Å²) in [7, 11) is 0. The molecule has 0 saturated heterocycles. The summed E-state index contributed by atoms with van der Waals surface area (Å²) in [4.78, 5) is 18.6. The first kappa shape index (κ1) is 11.4. The average molecular weight is 149 g/mol. The number of primary amides is 3. The van der Waals surface area contributed by atoms with Gasteiger partial charge in [-0.1, -0.05) is 0 Å². The molecule has 6 heteroatoms. The molecule has 0 bridgehead atoms. The van der Waals surface area contributed by atoms with E-state index in [1.165, 1.54) is 0 Å². The minimum absolute atomic E-state index is 0.356. The van der Waals surface area contributed by atoms with E-state index in [9.17, 15) is 4.79 Å². The molecule has 3 amide bonds. The second-order valence-electron chi connectivity index (χ2n) is 1.15. The lowest BCUT2D eigenvalue weighted by Crippen LogP contribution is -2.18. The molecule has 0 aromatic heterocycles. The highest BCUT2D eigenvalue weighted by Gasteiger charge is 1.82. The van der Waals surface area contributed by atoms with Crippen LogP contribution in [-0.4, -0.2) is 18.7 Å². The average Bonchev–Trinajstić information content (AvgIpc) is 1.62. The summed E-state index contributed by atoms with van der Waals surface area (Å²) in [5.41, 5.74) is 13.0. The minimum Gasteiger partial charge on any atom is -0.450 e. The highest BCUT2D eigenvalue weighted by molar-refractivity contribution is 5.69. The number of nitrogens with two attached hydrogens (primary N) is 3. The molecule has 6 nitrogen and oxygen atoms in total. The lowest BCUT2D eigenvalue weighted by molar-refractivity contribution is 0.163. The van der Waals surface area contributed by atoms with Crippen molar-refractivity contribution in [3.05, 3.63) is 0 Å². The zero-order valence-electron chi connectivity index (χ0n) is 5.66. The van der Waals surface area contributed by atoms with E-state index in [4.69, 9.17) is 4.79 Å². The van der Waals surface area contributed by atoms with Crippen LogP contribution in [0.25, 0.3) is 0 Å². The van der Waals surface area contributed by atoms with Gasteiger partial charge in [-0.3, -0.25) is 0 Å². The topological polar surface area (TPSA) is 121 Å². The van der Waals surface area contributed by atoms with E-state index in [0.29, 0.717) is 6.61 Å². The molecule has 0 fully saturated rings. The quantitative estimate of drug-likeness (QED) is 0.449. The Morgan fingerprint density at radius 1 is 1.30 bits per heavy atom. The van der Waals surface area contributed by atoms with Gasteiger partial charge in [0, 0.05) is 0 Å². The SMILES string of the molecule is CCOC(N)=O.NC(N)=O. The Morgan fingerprint density at radius 3 is 1.60 bits per heavy atom. The van der Waals surface area contributed by atoms with Crippen molar-refractivity contribution in [1.82, 2.24) is 0 Å². The summed E-state index contributed by atoms with van der Waals surface area (Å²) in [5.74, 6) is 0. The van der Waals surface area contributed by atoms with Gasteiger partial charge in [0.2, 0.25) is 0 Å². The molecule has 0 saturated carbocycles. The number of urea groups is 1. The maximum atomic E-state index is 9.60. The Morgan fingerprint density at radius 2 is 1.60 bits per heavy atom. The van der Waals surface area contributed by atoms with Crippen LogP contribution in [0.5, 0.6) is 0 Å². The van der Waals surface area contributed by atoms with Crippen molar-refractivity contribution >= 4 is 12.1 Å². The second kappa shape index (κ2) is 7.54. The summed E-state index contributed by atoms with van der Waals surface area (Å²) in [6, 6.07) is -0.833. The van der Waals surface area contributed by atoms with Gasteiger partial charge >= 0.3 is 12.1 Å². The summed E-state index contributed by atoms with van der Waals surface area (Å²) in [6.07, 6.45) is -0.711. The van der Waals surface area contributed by atoms with Crippen LogP contribution in [0.1, 0.15) is 6.92 Å². The number of hydrogen-bond acceptors (Lipinski definition) is 3. The molecule has 60 valence electrons. The summed E-state index contributed by atoms with van der Waals surface area (Å²) >= 11 is 0. The highest BCUT2D eigenvalue weighted by atomic mass is 16.5. The zero-order chi connectivity index (χ0) is 8.57. The number of hydrogen-bond donors (Lipinski definition) is 3. The van der Waals surface area contributed by atoms with Crippen LogP contribution in [0.3, 0.4) is 0 Å². The van der Waals surface area contributed by atoms with Crippen LogP contribution in [0.4, 0.5) is 9.59 Å². The summed E-state index contributed by atoms with van der Waals surface area (Å²) < 4.78 is 4.18. The van der Waals surface area contributed by atoms with Crippen molar-refractivity contribution in [2.24, 2.45) is 17.2 Å². The van der Waals surface area contributed by atoms with Crippen molar-refractivity contribution < 1.29 is 14.3 Å². The van der Waals surface area contributed by atoms with Gasteiger partial charge in [-0.05, 0) is 6.92 Å². The molecular formula is C4H11N3O3. The fourth-order valence-electron chi connectivity index (χ4n) is 0.142. The minimum atomic E-state index is -0.833. The van der Waals surface area contributed by atoms with Crippen molar-refractivity contribution in [2.45, 2.75) is 6.92 Å². The highest BCUT2D eigenvalue weighted by Crippen LogP contribution is 1.66. The van der Waals surface area contributed by atoms with E-state index in [1.54, 1.807) is 6.92 Å². The lowest BCUT2D eigenvalue weighted by atomic mass is 10.9. The largest absolute Gasteiger partial charge is 0.450 e. The predicted molar refractivity (Wildman–Crippen MR) is 35.0 cm³/mol. The molecule has 0 heterocycles. The Hall–Kier alpha value is -1.46. The number of ether oxygens (including phenoxy) is 1. The molecule has 0 spiro atoms. The van der Waals surface area contributed by atoms with Gasteiger partial charge in [0.05, 0.1) is 6.61 Å². The van der Waals surface area contributed by atoms with Crippen molar-refractivity contribution in [1.29, 1.82) is 0 Å². The zero-order valence-corrected chi connectivity index (χ0v) is 5.66. The first-order valence-electron chi connectivity index (χ1n) is 2.47. The van der Waals surface area contributed by atoms with E-state index in [0.717, 1.165) is 0 Å². The van der Waals surface area contributed by atoms with Gasteiger partial charge in [-0.2, -0.15) is 0 Å². The number of rotatable bonds is 1. The fraction of sp³-hybridized carbons (Fsp3) is 0.500. The van der Waals surface area contributed by atoms with E-state index < -0.39 is 12.1 Å². The smallest absolute Gasteiger partial charge is 0.404 e. The van der Waals surface area contributed by atoms with Crippen molar-refractivity contribution in [3.8, 4) is 0 Å². The number of carbonyl (C=O) groups excluding carboxylic acids is 2. The molecule has 0 aromatic rings. The first-order valence-corrected chi connectivity index (χ1v) is 2.47. The lowest BCUT2D eigenvalue weighted by Gasteiger charge is -1.89. The molecule has 0 aromatic carbocycles. The van der Waals surface area contributed by atoms with Crippen LogP contribution >= 0.6 is 0 Å². The monoisotopic (exact) mass is 149 g/mol. The van der Waals surface area contributed by atoms with E-state index in [-0.39, 0.29) is 0 Å². The first-order chi connectivity index (χ1) is 4.50. The standard InChI is InChI=1S/C3H7NO2.CH4N2O/c1-2-6-3(4)5;2-1(3)4/h2H2,1H3,(H2,4,5);(H4,2,3,4). The number of carbonyl (C=O) groups is 2. The molecule has 6 N–H and O–H groups in total. The van der Waals surface area contributed by atoms with E-state index >= 15 is 0 Å². The van der Waals surface area contributed by atoms with Crippen LogP contribution in [0.15, 0.2) is 0 Å². The van der Waals surface area contributed by atoms with Crippen LogP contribution in [0.2, 0.25) is 0 Å². The third-order valence-corrected chi connectivity index (χ3v) is 0.287. The summed E-state index contributed by atoms with van der Waals surface area (Å²) in [6.45, 7) is 2.06. The maximum Gasteiger partial charge on any atom is 0.404 e. The molecule has 10 heavy (non-hydrogen) atoms. The second-order valence-corrected chi connectivity index (χ2v) is 1.15. The fourth-order valence-corrected chi connectivity index (χ4v) is 0.142. The number of amides is 3. The van der Waals surface area contributed by atoms with Crippen molar-refractivity contribution in [3.63, 3.8) is 0 Å². The van der Waals surface area contributed by atoms with Crippen molar-refractivity contribution in [2.75, 3.05) is 6.61 Å². The molecule has 0 radical (unpaired) electrons. The predicted octanol–water partition coefficient (Wildman–Crippen LogP) is -0.875. The third kappa shape index (κ3) is 84.6. The van der Waals surface area contributed by atoms with Gasteiger partial charge in [-0.15, -0.1) is 0 Å². The van der Waals surface area contributed by atoms with Crippen LogP contribution in [0, 0.1) is 0 Å². The van der Waals surface area contributed by atoms with Crippen LogP contribution < -0.4 is 17.2 Å². The Labute approximate surface area is 58.3 Å². The third-order valence-electron chi connectivity index (χ3n) is 0.287. The molecule has 0 aliphatic rings. The van der Waals surface area contributed by atoms with Gasteiger partial charge in [-0.25, -0.2) is 9.59 Å². The van der Waals surface area contributed by atoms with Crippen LogP contribution in [-0.2, 0) is 4.74 Å².